The third-order valence-electron chi connectivity index (χ3n) is 6.93. The third kappa shape index (κ3) is 5.25. The van der Waals surface area contributed by atoms with Crippen LogP contribution in [0, 0.1) is 0 Å². The Bertz CT molecular complexity index is 1460. The monoisotopic (exact) mass is 566 g/mol. The van der Waals surface area contributed by atoms with Gasteiger partial charge in [-0.3, -0.25) is 19.3 Å². The number of aromatic hydroxyl groups is 1. The third-order valence-corrected chi connectivity index (χ3v) is 8.25. The number of aliphatic carboxylic acids is 1. The summed E-state index contributed by atoms with van der Waals surface area (Å²) in [6, 6.07) is 7.48. The highest BCUT2D eigenvalue weighted by Gasteiger charge is 2.51. The largest absolute Gasteiger partial charge is 0.504 e. The molecule has 208 valence electrons. The first kappa shape index (κ1) is 27.2. The molecular weight excluding hydrogens is 538 g/mol. The number of pyridine rings is 1. The number of amides is 3. The van der Waals surface area contributed by atoms with E-state index in [9.17, 15) is 29.4 Å². The summed E-state index contributed by atoms with van der Waals surface area (Å²) >= 11 is 1.39. The smallest absolute Gasteiger partial charge is 0.352 e. The fourth-order valence-electron chi connectivity index (χ4n) is 4.85. The number of carboxylic acid groups (broad SMARTS) is 1. The molecule has 0 bridgehead atoms. The number of nitrogens with one attached hydrogen (secondary N) is 1. The van der Waals surface area contributed by atoms with Gasteiger partial charge < -0.3 is 30.9 Å². The topological polar surface area (TPSA) is 166 Å². The Morgan fingerprint density at radius 2 is 2.00 bits per heavy atom. The number of hydrogen-bond acceptors (Lipinski definition) is 8. The van der Waals surface area contributed by atoms with Gasteiger partial charge in [0.1, 0.15) is 17.1 Å². The second-order valence-electron chi connectivity index (χ2n) is 9.57. The van der Waals surface area contributed by atoms with Crippen LogP contribution in [0.5, 0.6) is 11.5 Å². The minimum atomic E-state index is -1.21. The summed E-state index contributed by atoms with van der Waals surface area (Å²) in [5.41, 5.74) is 8.00. The number of aromatic nitrogens is 1. The SMILES string of the molecule is COc1cc(NC(=O)C[n+]2ccc(CN3CC/C(=C\C4=C(C(=O)O)N5C(=O)[C@@H](N)[C@H]5SC4)C3=O)cc2)ccc1O. The first-order chi connectivity index (χ1) is 19.2. The Kier molecular flexibility index (Phi) is 7.50. The van der Waals surface area contributed by atoms with E-state index in [1.807, 2.05) is 12.1 Å². The zero-order valence-electron chi connectivity index (χ0n) is 21.6. The fraction of sp³-hybridized carbons (Fsp3) is 0.296. The molecule has 0 radical (unpaired) electrons. The van der Waals surface area contributed by atoms with Crippen LogP contribution in [0.2, 0.25) is 0 Å². The average Bonchev–Trinajstić information content (AvgIpc) is 3.28. The van der Waals surface area contributed by atoms with Crippen LogP contribution < -0.4 is 20.4 Å². The lowest BCUT2D eigenvalue weighted by Gasteiger charge is -2.47. The zero-order valence-corrected chi connectivity index (χ0v) is 22.4. The second kappa shape index (κ2) is 11.0. The molecule has 3 aliphatic heterocycles. The Labute approximate surface area is 233 Å². The van der Waals surface area contributed by atoms with Crippen molar-refractivity contribution in [1.29, 1.82) is 0 Å². The number of rotatable bonds is 8. The summed E-state index contributed by atoms with van der Waals surface area (Å²) in [7, 11) is 1.43. The minimum absolute atomic E-state index is 0.0221. The summed E-state index contributed by atoms with van der Waals surface area (Å²) < 4.78 is 6.75. The van der Waals surface area contributed by atoms with E-state index in [0.29, 0.717) is 42.1 Å². The molecule has 2 aromatic rings. The Hall–Kier alpha value is -4.36. The van der Waals surface area contributed by atoms with E-state index in [1.165, 1.54) is 35.9 Å². The van der Waals surface area contributed by atoms with Gasteiger partial charge in [-0.15, -0.1) is 11.8 Å². The molecule has 0 spiro atoms. The van der Waals surface area contributed by atoms with Gasteiger partial charge in [0, 0.05) is 48.3 Å². The van der Waals surface area contributed by atoms with Crippen molar-refractivity contribution >= 4 is 41.1 Å². The number of carbonyl (C=O) groups is 4. The highest BCUT2D eigenvalue weighted by atomic mass is 32.2. The van der Waals surface area contributed by atoms with Crippen molar-refractivity contribution in [3.05, 3.63) is 71.2 Å². The predicted molar refractivity (Wildman–Crippen MR) is 144 cm³/mol. The number of phenolic OH excluding ortho intramolecular Hbond substituents is 1. The Morgan fingerprint density at radius 3 is 2.70 bits per heavy atom. The number of carboxylic acids is 1. The molecule has 3 aliphatic rings. The number of β-lactam (4-membered cyclic amide) rings is 1. The molecule has 2 saturated heterocycles. The first-order valence-corrected chi connectivity index (χ1v) is 13.5. The van der Waals surface area contributed by atoms with E-state index in [1.54, 1.807) is 34.0 Å². The van der Waals surface area contributed by atoms with E-state index < -0.39 is 17.9 Å². The normalized spacial score (nSPS) is 21.4. The summed E-state index contributed by atoms with van der Waals surface area (Å²) in [6.45, 7) is 0.901. The number of fused-ring (bicyclic) bond motifs is 1. The Balaban J connectivity index is 1.20. The summed E-state index contributed by atoms with van der Waals surface area (Å²) in [5.74, 6) is -1.50. The first-order valence-electron chi connectivity index (χ1n) is 12.5. The van der Waals surface area contributed by atoms with Crippen LogP contribution in [0.3, 0.4) is 0 Å². The van der Waals surface area contributed by atoms with Crippen molar-refractivity contribution in [3.8, 4) is 11.5 Å². The number of carbonyl (C=O) groups excluding carboxylic acids is 3. The van der Waals surface area contributed by atoms with Gasteiger partial charge in [-0.25, -0.2) is 4.79 Å². The van der Waals surface area contributed by atoms with E-state index in [-0.39, 0.29) is 40.9 Å². The zero-order chi connectivity index (χ0) is 28.6. The number of allylic oxidation sites excluding steroid dienone is 1. The van der Waals surface area contributed by atoms with Gasteiger partial charge in [0.25, 0.3) is 5.91 Å². The number of nitrogens with two attached hydrogens (primary N) is 1. The number of methoxy groups -OCH3 is 1. The molecular formula is C27H28N5O7S+. The van der Waals surface area contributed by atoms with Crippen molar-refractivity contribution in [2.45, 2.75) is 30.9 Å². The number of ether oxygens (including phenoxy) is 1. The molecule has 2 atom stereocenters. The van der Waals surface area contributed by atoms with Crippen molar-refractivity contribution in [2.75, 3.05) is 24.7 Å². The molecule has 12 nitrogen and oxygen atoms in total. The predicted octanol–water partition coefficient (Wildman–Crippen LogP) is 0.567. The molecule has 40 heavy (non-hydrogen) atoms. The van der Waals surface area contributed by atoms with Gasteiger partial charge in [-0.1, -0.05) is 0 Å². The Morgan fingerprint density at radius 1 is 1.25 bits per heavy atom. The van der Waals surface area contributed by atoms with Gasteiger partial charge in [-0.05, 0) is 35.8 Å². The van der Waals surface area contributed by atoms with E-state index >= 15 is 0 Å². The molecule has 0 saturated carbocycles. The quantitative estimate of drug-likeness (QED) is 0.155. The standard InChI is InChI=1S/C27H27N5O7S/c1-39-20-11-18(2-3-19(20)33)29-21(34)13-30-7-4-15(5-8-30)12-31-9-6-16(24(31)35)10-17-14-40-26-22(28)25(36)32(26)23(17)27(37)38/h2-5,7-8,10-11,22,26H,6,9,12-14,28H2,1H3,(H2-,29,33,34,37,38)/p+1/b16-10+/t22-,26-/m1/s1. The van der Waals surface area contributed by atoms with Crippen molar-refractivity contribution in [1.82, 2.24) is 9.80 Å². The maximum absolute atomic E-state index is 13.1. The van der Waals surface area contributed by atoms with Crippen LogP contribution in [0.4, 0.5) is 5.69 Å². The van der Waals surface area contributed by atoms with E-state index in [2.05, 4.69) is 5.32 Å². The molecule has 5 rings (SSSR count). The van der Waals surface area contributed by atoms with E-state index in [4.69, 9.17) is 10.5 Å². The van der Waals surface area contributed by atoms with Crippen LogP contribution >= 0.6 is 11.8 Å². The van der Waals surface area contributed by atoms with Gasteiger partial charge >= 0.3 is 5.97 Å². The van der Waals surface area contributed by atoms with Gasteiger partial charge in [-0.2, -0.15) is 4.57 Å². The molecule has 1 aromatic carbocycles. The number of nitrogens with zero attached hydrogens (tertiary/aromatic N) is 3. The van der Waals surface area contributed by atoms with Crippen molar-refractivity contribution in [2.24, 2.45) is 5.73 Å². The minimum Gasteiger partial charge on any atom is -0.504 e. The molecule has 4 heterocycles. The summed E-state index contributed by atoms with van der Waals surface area (Å²) in [5, 5.41) is 21.8. The second-order valence-corrected chi connectivity index (χ2v) is 10.7. The van der Waals surface area contributed by atoms with Crippen LogP contribution in [-0.4, -0.2) is 74.5 Å². The lowest BCUT2D eigenvalue weighted by molar-refractivity contribution is -0.684. The maximum Gasteiger partial charge on any atom is 0.352 e. The lowest BCUT2D eigenvalue weighted by atomic mass is 10.0. The molecule has 0 unspecified atom stereocenters. The number of thioether (sulfide) groups is 1. The van der Waals surface area contributed by atoms with Crippen molar-refractivity contribution < 1.29 is 38.7 Å². The van der Waals surface area contributed by atoms with Crippen LogP contribution in [0.25, 0.3) is 0 Å². The summed E-state index contributed by atoms with van der Waals surface area (Å²) in [6.07, 6.45) is 5.56. The van der Waals surface area contributed by atoms with E-state index in [0.717, 1.165) is 5.56 Å². The van der Waals surface area contributed by atoms with Crippen LogP contribution in [-0.2, 0) is 32.3 Å². The van der Waals surface area contributed by atoms with Crippen LogP contribution in [0.15, 0.2) is 65.6 Å². The number of likely N-dealkylation sites (tertiary alicyclic amines) is 1. The van der Waals surface area contributed by atoms with Gasteiger partial charge in [0.15, 0.2) is 23.9 Å². The van der Waals surface area contributed by atoms with Crippen molar-refractivity contribution in [3.63, 3.8) is 0 Å². The highest BCUT2D eigenvalue weighted by molar-refractivity contribution is 8.00. The highest BCUT2D eigenvalue weighted by Crippen LogP contribution is 2.40. The van der Waals surface area contributed by atoms with Gasteiger partial charge in [0.05, 0.1) is 7.11 Å². The fourth-order valence-corrected chi connectivity index (χ4v) is 6.11. The molecule has 2 fully saturated rings. The molecule has 13 heteroatoms. The van der Waals surface area contributed by atoms with Crippen LogP contribution in [0.1, 0.15) is 12.0 Å². The number of benzene rings is 1. The molecule has 0 aliphatic carbocycles. The lowest BCUT2D eigenvalue weighted by Crippen LogP contribution is -2.68. The van der Waals surface area contributed by atoms with Gasteiger partial charge in [0.2, 0.25) is 18.4 Å². The molecule has 1 aromatic heterocycles. The molecule has 3 amide bonds. The number of phenols is 1. The number of hydrogen-bond donors (Lipinski definition) is 4. The maximum atomic E-state index is 13.1. The average molecular weight is 567 g/mol. The molecule has 5 N–H and O–H groups in total. The summed E-state index contributed by atoms with van der Waals surface area (Å²) in [4.78, 5) is 52.5. The number of anilines is 1.